The molecule has 130 valence electrons. The van der Waals surface area contributed by atoms with Gasteiger partial charge in [0, 0.05) is 6.54 Å². The van der Waals surface area contributed by atoms with Crippen molar-refractivity contribution in [3.8, 4) is 0 Å². The third-order valence-corrected chi connectivity index (χ3v) is 4.12. The number of hydrogen-bond donors (Lipinski definition) is 3. The minimum atomic E-state index is -0.282. The summed E-state index contributed by atoms with van der Waals surface area (Å²) in [5.74, 6) is -0.245. The Morgan fingerprint density at radius 3 is 2.56 bits per heavy atom. The molecule has 3 rings (SSSR count). The molecule has 0 bridgehead atoms. The van der Waals surface area contributed by atoms with Crippen molar-refractivity contribution < 1.29 is 4.79 Å². The predicted octanol–water partition coefficient (Wildman–Crippen LogP) is 2.52. The van der Waals surface area contributed by atoms with Crippen LogP contribution in [0.2, 0.25) is 0 Å². The summed E-state index contributed by atoms with van der Waals surface area (Å²) >= 11 is 0. The van der Waals surface area contributed by atoms with Gasteiger partial charge in [-0.1, -0.05) is 51.1 Å². The summed E-state index contributed by atoms with van der Waals surface area (Å²) in [6.07, 6.45) is 0.752. The van der Waals surface area contributed by atoms with Crippen LogP contribution in [0, 0.1) is 0 Å². The van der Waals surface area contributed by atoms with Gasteiger partial charge in [0.05, 0.1) is 5.39 Å². The normalized spacial score (nSPS) is 11.6. The number of pyridine rings is 1. The average molecular weight is 338 g/mol. The van der Waals surface area contributed by atoms with Crippen LogP contribution in [-0.4, -0.2) is 27.6 Å². The molecule has 6 nitrogen and oxygen atoms in total. The van der Waals surface area contributed by atoms with E-state index in [1.807, 2.05) is 51.1 Å². The highest BCUT2D eigenvalue weighted by molar-refractivity contribution is 5.95. The SMILES string of the molecule is CC(C)(C)c1cc(C(=O)NCCc2ccccc2)nc2[nH][nH]c(=O)c12. The van der Waals surface area contributed by atoms with Crippen molar-refractivity contribution in [3.63, 3.8) is 0 Å². The van der Waals surface area contributed by atoms with Crippen LogP contribution in [0.25, 0.3) is 11.0 Å². The molecule has 0 atom stereocenters. The van der Waals surface area contributed by atoms with Gasteiger partial charge in [0.2, 0.25) is 0 Å². The highest BCUT2D eigenvalue weighted by atomic mass is 16.2. The molecule has 0 aliphatic heterocycles. The highest BCUT2D eigenvalue weighted by Gasteiger charge is 2.23. The molecule has 25 heavy (non-hydrogen) atoms. The van der Waals surface area contributed by atoms with E-state index in [1.54, 1.807) is 6.07 Å². The predicted molar refractivity (Wildman–Crippen MR) is 97.9 cm³/mol. The number of H-pyrrole nitrogens is 2. The molecule has 0 radical (unpaired) electrons. The van der Waals surface area contributed by atoms with Gasteiger partial charge in [-0.25, -0.2) is 4.98 Å². The van der Waals surface area contributed by atoms with E-state index < -0.39 is 0 Å². The molecule has 0 aliphatic carbocycles. The monoisotopic (exact) mass is 338 g/mol. The van der Waals surface area contributed by atoms with Crippen LogP contribution < -0.4 is 10.9 Å². The number of aromatic nitrogens is 3. The fourth-order valence-corrected chi connectivity index (χ4v) is 2.81. The Morgan fingerprint density at radius 1 is 1.16 bits per heavy atom. The minimum Gasteiger partial charge on any atom is -0.350 e. The zero-order valence-corrected chi connectivity index (χ0v) is 14.6. The molecule has 3 aromatic rings. The van der Waals surface area contributed by atoms with E-state index in [1.165, 1.54) is 0 Å². The van der Waals surface area contributed by atoms with Crippen molar-refractivity contribution in [2.75, 3.05) is 6.54 Å². The molecule has 0 unspecified atom stereocenters. The van der Waals surface area contributed by atoms with Crippen molar-refractivity contribution in [2.45, 2.75) is 32.6 Å². The Kier molecular flexibility index (Phi) is 4.44. The summed E-state index contributed by atoms with van der Waals surface area (Å²) in [5, 5.41) is 8.70. The zero-order chi connectivity index (χ0) is 18.0. The number of rotatable bonds is 4. The summed E-state index contributed by atoms with van der Waals surface area (Å²) in [7, 11) is 0. The lowest BCUT2D eigenvalue weighted by molar-refractivity contribution is 0.0949. The van der Waals surface area contributed by atoms with Gasteiger partial charge in [0.25, 0.3) is 11.5 Å². The van der Waals surface area contributed by atoms with Gasteiger partial charge in [-0.05, 0) is 29.0 Å². The molecule has 2 heterocycles. The molecule has 1 aromatic carbocycles. The number of nitrogens with zero attached hydrogens (tertiary/aromatic N) is 1. The van der Waals surface area contributed by atoms with Crippen molar-refractivity contribution in [1.29, 1.82) is 0 Å². The lowest BCUT2D eigenvalue weighted by Gasteiger charge is -2.20. The van der Waals surface area contributed by atoms with E-state index in [4.69, 9.17) is 0 Å². The first kappa shape index (κ1) is 17.0. The summed E-state index contributed by atoms with van der Waals surface area (Å²) in [6.45, 7) is 6.54. The van der Waals surface area contributed by atoms with E-state index in [0.717, 1.165) is 17.5 Å². The fourth-order valence-electron chi connectivity index (χ4n) is 2.81. The van der Waals surface area contributed by atoms with Gasteiger partial charge in [-0.2, -0.15) is 0 Å². The molecule has 0 spiro atoms. The molecular formula is C19H22N4O2. The second-order valence-corrected chi connectivity index (χ2v) is 7.10. The van der Waals surface area contributed by atoms with Crippen molar-refractivity contribution in [1.82, 2.24) is 20.5 Å². The van der Waals surface area contributed by atoms with Gasteiger partial charge in [-0.3, -0.25) is 19.8 Å². The Morgan fingerprint density at radius 2 is 1.88 bits per heavy atom. The second-order valence-electron chi connectivity index (χ2n) is 7.10. The van der Waals surface area contributed by atoms with Crippen LogP contribution in [0.5, 0.6) is 0 Å². The lowest BCUT2D eigenvalue weighted by Crippen LogP contribution is -2.27. The van der Waals surface area contributed by atoms with Gasteiger partial charge in [0.1, 0.15) is 5.69 Å². The number of fused-ring (bicyclic) bond motifs is 1. The van der Waals surface area contributed by atoms with E-state index in [0.29, 0.717) is 23.3 Å². The van der Waals surface area contributed by atoms with E-state index in [2.05, 4.69) is 20.5 Å². The summed E-state index contributed by atoms with van der Waals surface area (Å²) in [6, 6.07) is 11.7. The number of aromatic amines is 2. The lowest BCUT2D eigenvalue weighted by atomic mass is 9.85. The van der Waals surface area contributed by atoms with Crippen molar-refractivity contribution in [3.05, 3.63) is 63.6 Å². The Hall–Kier alpha value is -2.89. The number of carbonyl (C=O) groups is 1. The average Bonchev–Trinajstić information content (AvgIpc) is 2.95. The second kappa shape index (κ2) is 6.55. The van der Waals surface area contributed by atoms with Crippen LogP contribution >= 0.6 is 0 Å². The van der Waals surface area contributed by atoms with Gasteiger partial charge in [-0.15, -0.1) is 0 Å². The van der Waals surface area contributed by atoms with E-state index >= 15 is 0 Å². The quantitative estimate of drug-likeness (QED) is 0.683. The molecule has 0 aliphatic rings. The molecular weight excluding hydrogens is 316 g/mol. The first-order chi connectivity index (χ1) is 11.9. The molecule has 1 amide bonds. The maximum atomic E-state index is 12.5. The fraction of sp³-hybridized carbons (Fsp3) is 0.316. The molecule has 0 saturated carbocycles. The largest absolute Gasteiger partial charge is 0.350 e. The molecule has 0 fully saturated rings. The van der Waals surface area contributed by atoms with Crippen LogP contribution in [0.4, 0.5) is 0 Å². The smallest absolute Gasteiger partial charge is 0.273 e. The Balaban J connectivity index is 1.83. The maximum Gasteiger partial charge on any atom is 0.273 e. The zero-order valence-electron chi connectivity index (χ0n) is 14.6. The van der Waals surface area contributed by atoms with Crippen LogP contribution in [-0.2, 0) is 11.8 Å². The standard InChI is InChI=1S/C19H22N4O2/c1-19(2,3)13-11-14(21-16-15(13)18(25)23-22-16)17(24)20-10-9-12-7-5-4-6-8-12/h4-8,11H,9-10H2,1-3H3,(H,20,24)(H2,21,22,23,25). The first-order valence-electron chi connectivity index (χ1n) is 8.30. The Bertz CT molecular complexity index is 949. The topological polar surface area (TPSA) is 90.6 Å². The van der Waals surface area contributed by atoms with E-state index in [-0.39, 0.29) is 16.9 Å². The van der Waals surface area contributed by atoms with Crippen molar-refractivity contribution in [2.24, 2.45) is 0 Å². The summed E-state index contributed by atoms with van der Waals surface area (Å²) in [5.41, 5.74) is 2.18. The third kappa shape index (κ3) is 3.63. The number of nitrogens with one attached hydrogen (secondary N) is 3. The van der Waals surface area contributed by atoms with Crippen molar-refractivity contribution >= 4 is 16.9 Å². The first-order valence-corrected chi connectivity index (χ1v) is 8.30. The number of hydrogen-bond acceptors (Lipinski definition) is 3. The third-order valence-electron chi connectivity index (χ3n) is 4.12. The Labute approximate surface area is 145 Å². The van der Waals surface area contributed by atoms with Crippen LogP contribution in [0.15, 0.2) is 41.2 Å². The van der Waals surface area contributed by atoms with Gasteiger partial charge < -0.3 is 5.32 Å². The number of carbonyl (C=O) groups excluding carboxylic acids is 1. The molecule has 2 aromatic heterocycles. The molecule has 6 heteroatoms. The van der Waals surface area contributed by atoms with Crippen LogP contribution in [0.3, 0.4) is 0 Å². The molecule has 3 N–H and O–H groups in total. The summed E-state index contributed by atoms with van der Waals surface area (Å²) in [4.78, 5) is 28.8. The number of benzene rings is 1. The maximum absolute atomic E-state index is 12.5. The summed E-state index contributed by atoms with van der Waals surface area (Å²) < 4.78 is 0. The van der Waals surface area contributed by atoms with Gasteiger partial charge in [0.15, 0.2) is 5.65 Å². The van der Waals surface area contributed by atoms with E-state index in [9.17, 15) is 9.59 Å². The minimum absolute atomic E-state index is 0.219. The van der Waals surface area contributed by atoms with Gasteiger partial charge >= 0.3 is 0 Å². The number of amides is 1. The molecule has 0 saturated heterocycles. The highest BCUT2D eigenvalue weighted by Crippen LogP contribution is 2.27. The van der Waals surface area contributed by atoms with Crippen LogP contribution in [0.1, 0.15) is 42.4 Å².